The van der Waals surface area contributed by atoms with Crippen LogP contribution in [0, 0.1) is 0 Å². The zero-order valence-electron chi connectivity index (χ0n) is 8.38. The van der Waals surface area contributed by atoms with Crippen molar-refractivity contribution in [2.24, 2.45) is 0 Å². The van der Waals surface area contributed by atoms with Gasteiger partial charge in [0.25, 0.3) is 0 Å². The lowest BCUT2D eigenvalue weighted by atomic mass is 10.0. The van der Waals surface area contributed by atoms with E-state index < -0.39 is 0 Å². The minimum Gasteiger partial charge on any atom is -0.121 e. The number of alkyl halides is 1. The molecule has 2 aromatic rings. The maximum atomic E-state index is 5.99. The van der Waals surface area contributed by atoms with Gasteiger partial charge in [-0.05, 0) is 28.8 Å². The second kappa shape index (κ2) is 5.35. The smallest absolute Gasteiger partial charge is 0.0491 e. The van der Waals surface area contributed by atoms with Crippen LogP contribution >= 0.6 is 43.5 Å². The maximum Gasteiger partial charge on any atom is 0.0491 e. The molecule has 0 atom stereocenters. The second-order valence-corrected chi connectivity index (χ2v) is 5.36. The molecule has 0 amide bonds. The first-order valence-corrected chi connectivity index (χ1v) is 6.94. The quantitative estimate of drug-likeness (QED) is 0.610. The number of rotatable bonds is 2. The molecule has 0 saturated heterocycles. The highest BCUT2D eigenvalue weighted by Gasteiger charge is 2.09. The van der Waals surface area contributed by atoms with Gasteiger partial charge in [-0.1, -0.05) is 62.2 Å². The van der Waals surface area contributed by atoms with Crippen LogP contribution in [0.1, 0.15) is 5.56 Å². The first-order chi connectivity index (χ1) is 7.74. The van der Waals surface area contributed by atoms with E-state index in [4.69, 9.17) is 11.6 Å². The molecule has 0 spiro atoms. The van der Waals surface area contributed by atoms with Crippen LogP contribution in [0.3, 0.4) is 0 Å². The summed E-state index contributed by atoms with van der Waals surface area (Å²) in [6.07, 6.45) is 0. The fourth-order valence-corrected chi connectivity index (χ4v) is 3.08. The average Bonchev–Trinajstić information content (AvgIpc) is 2.29. The van der Waals surface area contributed by atoms with Crippen molar-refractivity contribution in [2.45, 2.75) is 5.88 Å². The molecule has 0 nitrogen and oxygen atoms in total. The number of benzene rings is 2. The lowest BCUT2D eigenvalue weighted by Gasteiger charge is -2.10. The van der Waals surface area contributed by atoms with Crippen molar-refractivity contribution in [3.05, 3.63) is 57.0 Å². The van der Waals surface area contributed by atoms with Crippen molar-refractivity contribution in [3.8, 4) is 11.1 Å². The summed E-state index contributed by atoms with van der Waals surface area (Å²) in [7, 11) is 0. The van der Waals surface area contributed by atoms with E-state index in [0.29, 0.717) is 5.88 Å². The molecule has 0 fully saturated rings. The molecule has 0 unspecified atom stereocenters. The fraction of sp³-hybridized carbons (Fsp3) is 0.0769. The third kappa shape index (κ3) is 2.34. The Morgan fingerprint density at radius 1 is 0.812 bits per heavy atom. The Morgan fingerprint density at radius 3 is 2.12 bits per heavy atom. The molecule has 82 valence electrons. The first kappa shape index (κ1) is 12.2. The molecule has 2 rings (SSSR count). The Kier molecular flexibility index (Phi) is 4.06. The van der Waals surface area contributed by atoms with Gasteiger partial charge in [0.1, 0.15) is 0 Å². The van der Waals surface area contributed by atoms with Crippen molar-refractivity contribution in [2.75, 3.05) is 0 Å². The van der Waals surface area contributed by atoms with E-state index >= 15 is 0 Å². The molecule has 0 aliphatic heterocycles. The molecule has 16 heavy (non-hydrogen) atoms. The van der Waals surface area contributed by atoms with Crippen LogP contribution in [0.25, 0.3) is 11.1 Å². The number of halogens is 3. The third-order valence-electron chi connectivity index (χ3n) is 2.42. The van der Waals surface area contributed by atoms with Gasteiger partial charge >= 0.3 is 0 Å². The van der Waals surface area contributed by atoms with Gasteiger partial charge in [-0.25, -0.2) is 0 Å². The predicted octanol–water partition coefficient (Wildman–Crippen LogP) is 5.62. The second-order valence-electron chi connectivity index (χ2n) is 3.38. The minimum atomic E-state index is 0.498. The number of hydrogen-bond acceptors (Lipinski definition) is 0. The highest BCUT2D eigenvalue weighted by atomic mass is 79.9. The largest absolute Gasteiger partial charge is 0.121 e. The lowest BCUT2D eigenvalue weighted by molar-refractivity contribution is 1.36. The summed E-state index contributed by atoms with van der Waals surface area (Å²) in [5.41, 5.74) is 3.45. The summed E-state index contributed by atoms with van der Waals surface area (Å²) in [6, 6.07) is 14.3. The lowest BCUT2D eigenvalue weighted by Crippen LogP contribution is -1.88. The molecule has 0 aliphatic carbocycles. The molecule has 0 bridgehead atoms. The molecule has 0 N–H and O–H groups in total. The molecular formula is C13H9Br2Cl. The standard InChI is InChI=1S/C13H9Br2Cl/c14-12-6-2-1-4-10(12)9-5-3-7-13(15)11(9)8-16/h1-7H,8H2. The van der Waals surface area contributed by atoms with E-state index in [1.165, 1.54) is 5.56 Å². The van der Waals surface area contributed by atoms with Crippen molar-refractivity contribution < 1.29 is 0 Å². The van der Waals surface area contributed by atoms with Crippen LogP contribution < -0.4 is 0 Å². The van der Waals surface area contributed by atoms with E-state index in [-0.39, 0.29) is 0 Å². The highest BCUT2D eigenvalue weighted by Crippen LogP contribution is 2.34. The molecule has 0 aromatic heterocycles. The van der Waals surface area contributed by atoms with Crippen LogP contribution in [0.4, 0.5) is 0 Å². The van der Waals surface area contributed by atoms with Crippen LogP contribution in [0.2, 0.25) is 0 Å². The van der Waals surface area contributed by atoms with E-state index in [1.807, 2.05) is 30.3 Å². The van der Waals surface area contributed by atoms with E-state index in [9.17, 15) is 0 Å². The Morgan fingerprint density at radius 2 is 1.44 bits per heavy atom. The Balaban J connectivity index is 2.65. The Hall–Kier alpha value is -0.310. The fourth-order valence-electron chi connectivity index (χ4n) is 1.63. The molecule has 0 saturated carbocycles. The predicted molar refractivity (Wildman–Crippen MR) is 76.8 cm³/mol. The summed E-state index contributed by atoms with van der Waals surface area (Å²) in [6.45, 7) is 0. The molecule has 2 aromatic carbocycles. The highest BCUT2D eigenvalue weighted by molar-refractivity contribution is 9.11. The topological polar surface area (TPSA) is 0 Å². The van der Waals surface area contributed by atoms with Gasteiger partial charge in [0.15, 0.2) is 0 Å². The summed E-state index contributed by atoms with van der Waals surface area (Å²) in [4.78, 5) is 0. The Bertz CT molecular complexity index is 509. The van der Waals surface area contributed by atoms with Gasteiger partial charge in [0.2, 0.25) is 0 Å². The van der Waals surface area contributed by atoms with E-state index in [0.717, 1.165) is 20.1 Å². The third-order valence-corrected chi connectivity index (χ3v) is 4.12. The monoisotopic (exact) mass is 358 g/mol. The van der Waals surface area contributed by atoms with Gasteiger partial charge < -0.3 is 0 Å². The summed E-state index contributed by atoms with van der Waals surface area (Å²) < 4.78 is 2.13. The van der Waals surface area contributed by atoms with Crippen molar-refractivity contribution in [1.29, 1.82) is 0 Å². The van der Waals surface area contributed by atoms with Crippen LogP contribution in [-0.4, -0.2) is 0 Å². The molecular weight excluding hydrogens is 351 g/mol. The average molecular weight is 360 g/mol. The normalized spacial score (nSPS) is 10.4. The van der Waals surface area contributed by atoms with E-state index in [1.54, 1.807) is 0 Å². The van der Waals surface area contributed by atoms with Crippen LogP contribution in [0.5, 0.6) is 0 Å². The van der Waals surface area contributed by atoms with Gasteiger partial charge in [0, 0.05) is 14.8 Å². The van der Waals surface area contributed by atoms with Crippen molar-refractivity contribution >= 4 is 43.5 Å². The molecule has 3 heteroatoms. The Labute approximate surface area is 117 Å². The van der Waals surface area contributed by atoms with Gasteiger partial charge in [-0.2, -0.15) is 0 Å². The van der Waals surface area contributed by atoms with Gasteiger partial charge in [-0.3, -0.25) is 0 Å². The summed E-state index contributed by atoms with van der Waals surface area (Å²) in [5.74, 6) is 0.498. The zero-order chi connectivity index (χ0) is 11.5. The molecule has 0 aliphatic rings. The molecule has 0 heterocycles. The first-order valence-electron chi connectivity index (χ1n) is 4.82. The summed E-state index contributed by atoms with van der Waals surface area (Å²) in [5, 5.41) is 0. The van der Waals surface area contributed by atoms with Gasteiger partial charge in [0.05, 0.1) is 0 Å². The van der Waals surface area contributed by atoms with E-state index in [2.05, 4.69) is 44.0 Å². The molecule has 0 radical (unpaired) electrons. The minimum absolute atomic E-state index is 0.498. The summed E-state index contributed by atoms with van der Waals surface area (Å²) >= 11 is 13.1. The zero-order valence-corrected chi connectivity index (χ0v) is 12.3. The maximum absolute atomic E-state index is 5.99. The van der Waals surface area contributed by atoms with Crippen LogP contribution in [0.15, 0.2) is 51.4 Å². The van der Waals surface area contributed by atoms with Gasteiger partial charge in [-0.15, -0.1) is 11.6 Å². The van der Waals surface area contributed by atoms with Crippen LogP contribution in [-0.2, 0) is 5.88 Å². The van der Waals surface area contributed by atoms with Crippen molar-refractivity contribution in [3.63, 3.8) is 0 Å². The number of hydrogen-bond donors (Lipinski definition) is 0. The SMILES string of the molecule is ClCc1c(Br)cccc1-c1ccccc1Br. The van der Waals surface area contributed by atoms with Crippen molar-refractivity contribution in [1.82, 2.24) is 0 Å².